The first-order chi connectivity index (χ1) is 17.7. The Hall–Kier alpha value is -3.04. The molecule has 0 saturated carbocycles. The Balaban J connectivity index is 1.46. The molecule has 1 aliphatic heterocycles. The highest BCUT2D eigenvalue weighted by Crippen LogP contribution is 2.37. The van der Waals surface area contributed by atoms with Crippen LogP contribution in [0.2, 0.25) is 10.0 Å². The predicted molar refractivity (Wildman–Crippen MR) is 155 cm³/mol. The van der Waals surface area contributed by atoms with E-state index in [-0.39, 0.29) is 12.5 Å². The van der Waals surface area contributed by atoms with Crippen molar-refractivity contribution >= 4 is 80.8 Å². The van der Waals surface area contributed by atoms with Crippen LogP contribution >= 0.6 is 47.2 Å². The van der Waals surface area contributed by atoms with Gasteiger partial charge in [-0.1, -0.05) is 59.3 Å². The lowest BCUT2D eigenvalue weighted by Crippen LogP contribution is -2.27. The van der Waals surface area contributed by atoms with E-state index in [1.54, 1.807) is 41.3 Å². The summed E-state index contributed by atoms with van der Waals surface area (Å²) >= 11 is 18.7. The number of carbonyl (C=O) groups excluding carboxylic acids is 2. The Bertz CT molecular complexity index is 1440. The molecule has 0 atom stereocenters. The number of methoxy groups -OCH3 is 1. The third-order valence-corrected chi connectivity index (χ3v) is 7.44. The van der Waals surface area contributed by atoms with E-state index in [0.717, 1.165) is 22.4 Å². The third-order valence-electron chi connectivity index (χ3n) is 5.59. The number of thioether (sulfide) groups is 1. The molecule has 10 heteroatoms. The number of carbonyl (C=O) groups is 2. The van der Waals surface area contributed by atoms with Crippen LogP contribution in [0.5, 0.6) is 11.5 Å². The van der Waals surface area contributed by atoms with Gasteiger partial charge >= 0.3 is 0 Å². The number of hydrogen-bond donors (Lipinski definition) is 1. The smallest absolute Gasteiger partial charge is 0.270 e. The first-order valence-corrected chi connectivity index (χ1v) is 13.1. The molecule has 2 amide bonds. The Morgan fingerprint density at radius 2 is 1.84 bits per heavy atom. The van der Waals surface area contributed by atoms with Crippen molar-refractivity contribution in [3.8, 4) is 11.5 Å². The molecular weight excluding hydrogens is 551 g/mol. The van der Waals surface area contributed by atoms with Gasteiger partial charge in [0.2, 0.25) is 0 Å². The lowest BCUT2D eigenvalue weighted by atomic mass is 10.1. The fraction of sp³-hybridized carbons (Fsp3) is 0.148. The molecule has 1 saturated heterocycles. The van der Waals surface area contributed by atoms with E-state index < -0.39 is 5.91 Å². The summed E-state index contributed by atoms with van der Waals surface area (Å²) in [4.78, 5) is 27.5. The zero-order chi connectivity index (χ0) is 26.7. The second kappa shape index (κ2) is 11.6. The minimum Gasteiger partial charge on any atom is -0.493 e. The van der Waals surface area contributed by atoms with Crippen molar-refractivity contribution in [1.29, 1.82) is 0 Å². The van der Waals surface area contributed by atoms with Crippen molar-refractivity contribution in [2.75, 3.05) is 23.9 Å². The SMILES string of the molecule is COc1cc(/C=C2\SC(=S)N(c3ccc(C)c(C)c3)C2=O)ccc1OCC(=O)Nc1ccc(Cl)cc1Cl. The minimum atomic E-state index is -0.398. The Morgan fingerprint density at radius 3 is 2.54 bits per heavy atom. The molecule has 190 valence electrons. The summed E-state index contributed by atoms with van der Waals surface area (Å²) in [5.74, 6) is 0.204. The first-order valence-electron chi connectivity index (χ1n) is 11.1. The number of benzene rings is 3. The Morgan fingerprint density at radius 1 is 1.05 bits per heavy atom. The average molecular weight is 574 g/mol. The van der Waals surface area contributed by atoms with Gasteiger partial charge < -0.3 is 14.8 Å². The van der Waals surface area contributed by atoms with E-state index in [1.807, 2.05) is 32.0 Å². The molecule has 0 aromatic heterocycles. The van der Waals surface area contributed by atoms with Crippen LogP contribution in [0.1, 0.15) is 16.7 Å². The summed E-state index contributed by atoms with van der Waals surface area (Å²) in [5.41, 5.74) is 4.13. The lowest BCUT2D eigenvalue weighted by Gasteiger charge is -2.16. The molecule has 0 spiro atoms. The standard InChI is InChI=1S/C27H22Cl2N2O4S2/c1-15-4-7-19(10-16(15)2)31-26(33)24(37-27(31)36)12-17-5-9-22(23(11-17)34-3)35-14-25(32)30-21-8-6-18(28)13-20(21)29/h4-13H,14H2,1-3H3,(H,30,32)/b24-12-. The maximum atomic E-state index is 13.1. The summed E-state index contributed by atoms with van der Waals surface area (Å²) < 4.78 is 11.6. The van der Waals surface area contributed by atoms with Gasteiger partial charge in [0, 0.05) is 5.02 Å². The molecule has 0 unspecified atom stereocenters. The highest BCUT2D eigenvalue weighted by atomic mass is 35.5. The fourth-order valence-electron chi connectivity index (χ4n) is 3.52. The zero-order valence-corrected chi connectivity index (χ0v) is 23.3. The van der Waals surface area contributed by atoms with Crippen LogP contribution in [0.3, 0.4) is 0 Å². The van der Waals surface area contributed by atoms with Gasteiger partial charge in [-0.3, -0.25) is 14.5 Å². The number of amides is 2. The van der Waals surface area contributed by atoms with Crippen molar-refractivity contribution in [1.82, 2.24) is 0 Å². The summed E-state index contributed by atoms with van der Waals surface area (Å²) in [6.45, 7) is 3.76. The number of ether oxygens (including phenoxy) is 2. The first kappa shape index (κ1) is 27.0. The fourth-order valence-corrected chi connectivity index (χ4v) is 5.27. The Labute approximate surface area is 234 Å². The number of nitrogens with zero attached hydrogens (tertiary/aromatic N) is 1. The highest BCUT2D eigenvalue weighted by molar-refractivity contribution is 8.27. The molecule has 4 rings (SSSR count). The van der Waals surface area contributed by atoms with Crippen molar-refractivity contribution in [3.05, 3.63) is 86.2 Å². The van der Waals surface area contributed by atoms with E-state index in [1.165, 1.54) is 24.9 Å². The number of halogens is 2. The van der Waals surface area contributed by atoms with Crippen LogP contribution in [-0.4, -0.2) is 29.9 Å². The summed E-state index contributed by atoms with van der Waals surface area (Å²) in [6, 6.07) is 15.8. The lowest BCUT2D eigenvalue weighted by molar-refractivity contribution is -0.118. The van der Waals surface area contributed by atoms with Crippen molar-refractivity contribution < 1.29 is 19.1 Å². The summed E-state index contributed by atoms with van der Waals surface area (Å²) in [5, 5.41) is 3.47. The van der Waals surface area contributed by atoms with Gasteiger partial charge in [0.25, 0.3) is 11.8 Å². The molecule has 0 bridgehead atoms. The largest absolute Gasteiger partial charge is 0.493 e. The van der Waals surface area contributed by atoms with Gasteiger partial charge in [0.15, 0.2) is 22.4 Å². The van der Waals surface area contributed by atoms with Crippen molar-refractivity contribution in [3.63, 3.8) is 0 Å². The second-order valence-corrected chi connectivity index (χ2v) is 10.7. The molecule has 37 heavy (non-hydrogen) atoms. The van der Waals surface area contributed by atoms with Gasteiger partial charge in [-0.25, -0.2) is 0 Å². The number of rotatable bonds is 7. The molecular formula is C27H22Cl2N2O4S2. The number of anilines is 2. The van der Waals surface area contributed by atoms with Crippen molar-refractivity contribution in [2.45, 2.75) is 13.8 Å². The second-order valence-electron chi connectivity index (χ2n) is 8.16. The normalized spacial score (nSPS) is 14.3. The van der Waals surface area contributed by atoms with Crippen molar-refractivity contribution in [2.24, 2.45) is 0 Å². The molecule has 1 N–H and O–H groups in total. The summed E-state index contributed by atoms with van der Waals surface area (Å²) in [7, 11) is 1.50. The number of nitrogens with one attached hydrogen (secondary N) is 1. The minimum absolute atomic E-state index is 0.185. The maximum absolute atomic E-state index is 13.1. The zero-order valence-electron chi connectivity index (χ0n) is 20.1. The van der Waals surface area contributed by atoms with Crippen LogP contribution < -0.4 is 19.7 Å². The van der Waals surface area contributed by atoms with Crippen LogP contribution in [0, 0.1) is 13.8 Å². The van der Waals surface area contributed by atoms with E-state index >= 15 is 0 Å². The molecule has 3 aromatic rings. The van der Waals surface area contributed by atoms with Gasteiger partial charge in [0.05, 0.1) is 28.4 Å². The molecule has 0 radical (unpaired) electrons. The van der Waals surface area contributed by atoms with E-state index in [2.05, 4.69) is 5.32 Å². The van der Waals surface area contributed by atoms with E-state index in [0.29, 0.717) is 36.5 Å². The van der Waals surface area contributed by atoms with Crippen LogP contribution in [0.4, 0.5) is 11.4 Å². The molecule has 1 fully saturated rings. The Kier molecular flexibility index (Phi) is 8.44. The van der Waals surface area contributed by atoms with Gasteiger partial charge in [-0.05, 0) is 79.1 Å². The van der Waals surface area contributed by atoms with E-state index in [4.69, 9.17) is 44.9 Å². The van der Waals surface area contributed by atoms with E-state index in [9.17, 15) is 9.59 Å². The molecule has 0 aliphatic carbocycles. The average Bonchev–Trinajstić information content (AvgIpc) is 3.14. The quantitative estimate of drug-likeness (QED) is 0.242. The number of aryl methyl sites for hydroxylation is 2. The molecule has 1 aliphatic rings. The third kappa shape index (κ3) is 6.27. The maximum Gasteiger partial charge on any atom is 0.270 e. The number of thiocarbonyl (C=S) groups is 1. The monoisotopic (exact) mass is 572 g/mol. The number of hydrogen-bond acceptors (Lipinski definition) is 6. The highest BCUT2D eigenvalue weighted by Gasteiger charge is 2.33. The van der Waals surface area contributed by atoms with Crippen LogP contribution in [0.15, 0.2) is 59.5 Å². The van der Waals surface area contributed by atoms with Crippen LogP contribution in [-0.2, 0) is 9.59 Å². The van der Waals surface area contributed by atoms with Gasteiger partial charge in [-0.15, -0.1) is 0 Å². The molecule has 6 nitrogen and oxygen atoms in total. The van der Waals surface area contributed by atoms with Crippen LogP contribution in [0.25, 0.3) is 6.08 Å². The topological polar surface area (TPSA) is 67.9 Å². The molecule has 3 aromatic carbocycles. The molecule has 1 heterocycles. The van der Waals surface area contributed by atoms with Gasteiger partial charge in [-0.2, -0.15) is 0 Å². The summed E-state index contributed by atoms with van der Waals surface area (Å²) in [6.07, 6.45) is 1.75. The van der Waals surface area contributed by atoms with Gasteiger partial charge in [0.1, 0.15) is 0 Å². The predicted octanol–water partition coefficient (Wildman–Crippen LogP) is 7.04.